The van der Waals surface area contributed by atoms with E-state index in [2.05, 4.69) is 0 Å². The summed E-state index contributed by atoms with van der Waals surface area (Å²) in [6.45, 7) is 2.02. The summed E-state index contributed by atoms with van der Waals surface area (Å²) in [4.78, 5) is 2.14. The number of hydrogen-bond donors (Lipinski definition) is 0. The van der Waals surface area contributed by atoms with Crippen LogP contribution < -0.4 is 0 Å². The molecule has 0 aliphatic carbocycles. The third kappa shape index (κ3) is 6.61. The average molecular weight is 497 g/mol. The Labute approximate surface area is 208 Å². The van der Waals surface area contributed by atoms with Gasteiger partial charge in [0.05, 0.1) is 0 Å². The van der Waals surface area contributed by atoms with Gasteiger partial charge in [0.1, 0.15) is 11.6 Å². The van der Waals surface area contributed by atoms with Crippen LogP contribution in [0.15, 0.2) is 66.7 Å². The van der Waals surface area contributed by atoms with Crippen LogP contribution in [0.3, 0.4) is 0 Å². The highest BCUT2D eigenvalue weighted by Crippen LogP contribution is 2.30. The van der Waals surface area contributed by atoms with Crippen LogP contribution in [0, 0.1) is 30.2 Å². The predicted octanol–water partition coefficient (Wildman–Crippen LogP) is 9.68. The molecule has 0 amide bonds. The largest absolute Gasteiger partial charge is 0.206 e. The Morgan fingerprint density at radius 2 is 1.14 bits per heavy atom. The summed E-state index contributed by atoms with van der Waals surface area (Å²) < 4.78 is 55.6. The minimum absolute atomic E-state index is 0.160. The Hall–Kier alpha value is -2.92. The first-order valence-electron chi connectivity index (χ1n) is 12.0. The van der Waals surface area contributed by atoms with E-state index < -0.39 is 17.5 Å². The molecule has 0 radical (unpaired) electrons. The van der Waals surface area contributed by atoms with Crippen LogP contribution in [0.1, 0.15) is 48.1 Å². The predicted molar refractivity (Wildman–Crippen MR) is 137 cm³/mol. The molecule has 0 aliphatic heterocycles. The molecule has 0 atom stereocenters. The van der Waals surface area contributed by atoms with Crippen LogP contribution in [0.4, 0.5) is 17.6 Å². The molecule has 0 nitrogen and oxygen atoms in total. The zero-order chi connectivity index (χ0) is 24.8. The quantitative estimate of drug-likeness (QED) is 0.151. The van der Waals surface area contributed by atoms with Crippen molar-refractivity contribution in [2.75, 3.05) is 0 Å². The van der Waals surface area contributed by atoms with Crippen LogP contribution in [0.25, 0.3) is 21.6 Å². The molecule has 0 bridgehead atoms. The first-order chi connectivity index (χ1) is 16.9. The van der Waals surface area contributed by atoms with E-state index in [1.165, 1.54) is 17.0 Å². The van der Waals surface area contributed by atoms with Gasteiger partial charge in [0.15, 0.2) is 11.6 Å². The highest BCUT2D eigenvalue weighted by molar-refractivity contribution is 7.15. The molecule has 3 aromatic carbocycles. The van der Waals surface area contributed by atoms with E-state index in [4.69, 9.17) is 0 Å². The minimum atomic E-state index is -0.985. The van der Waals surface area contributed by atoms with E-state index in [1.54, 1.807) is 23.5 Å². The van der Waals surface area contributed by atoms with Crippen LogP contribution >= 0.6 is 11.3 Å². The molecule has 4 rings (SSSR count). The molecule has 0 aliphatic rings. The molecule has 0 saturated carbocycles. The number of rotatable bonds is 10. The van der Waals surface area contributed by atoms with Gasteiger partial charge in [-0.25, -0.2) is 17.6 Å². The maximum Gasteiger partial charge on any atom is 0.159 e. The molecule has 182 valence electrons. The van der Waals surface area contributed by atoms with Crippen molar-refractivity contribution in [1.82, 2.24) is 0 Å². The molecule has 0 N–H and O–H groups in total. The van der Waals surface area contributed by atoms with Gasteiger partial charge in [-0.3, -0.25) is 0 Å². The van der Waals surface area contributed by atoms with Crippen LogP contribution in [0.5, 0.6) is 0 Å². The van der Waals surface area contributed by atoms with Gasteiger partial charge >= 0.3 is 0 Å². The summed E-state index contributed by atoms with van der Waals surface area (Å²) >= 11 is 1.60. The highest BCUT2D eigenvalue weighted by Gasteiger charge is 2.10. The maximum absolute atomic E-state index is 14.5. The van der Waals surface area contributed by atoms with E-state index >= 15 is 0 Å². The van der Waals surface area contributed by atoms with Crippen molar-refractivity contribution in [3.05, 3.63) is 106 Å². The molecule has 0 unspecified atom stereocenters. The van der Waals surface area contributed by atoms with Crippen LogP contribution in [-0.2, 0) is 12.8 Å². The summed E-state index contributed by atoms with van der Waals surface area (Å²) in [7, 11) is 0. The molecule has 35 heavy (non-hydrogen) atoms. The van der Waals surface area contributed by atoms with Crippen molar-refractivity contribution in [2.45, 2.75) is 51.9 Å². The first kappa shape index (κ1) is 25.2. The van der Waals surface area contributed by atoms with Gasteiger partial charge in [0, 0.05) is 20.9 Å². The lowest BCUT2D eigenvalue weighted by atomic mass is 9.99. The minimum Gasteiger partial charge on any atom is -0.206 e. The van der Waals surface area contributed by atoms with E-state index in [-0.39, 0.29) is 11.4 Å². The van der Waals surface area contributed by atoms with Gasteiger partial charge in [-0.1, -0.05) is 49.6 Å². The van der Waals surface area contributed by atoms with E-state index in [9.17, 15) is 17.6 Å². The van der Waals surface area contributed by atoms with Gasteiger partial charge in [0.2, 0.25) is 0 Å². The number of halogens is 4. The van der Waals surface area contributed by atoms with E-state index in [0.717, 1.165) is 73.1 Å². The molecular formula is C30H28F4S. The fraction of sp³-hybridized carbons (Fsp3) is 0.267. The molecule has 1 aromatic heterocycles. The Kier molecular flexibility index (Phi) is 8.40. The molecule has 0 fully saturated rings. The standard InChI is InChI=1S/C30H28F4S/c1-20-9-16-30(35-20)25-14-11-22(18-28(25)33)8-6-4-2-3-5-7-21-10-13-24(27(32)17-21)23-12-15-26(31)29(34)19-23/h9-19H,2-8H2,1H3. The summed E-state index contributed by atoms with van der Waals surface area (Å²) in [6, 6.07) is 17.9. The average Bonchev–Trinajstić information content (AvgIpc) is 3.26. The van der Waals surface area contributed by atoms with E-state index in [0.29, 0.717) is 11.1 Å². The van der Waals surface area contributed by atoms with Crippen molar-refractivity contribution in [2.24, 2.45) is 0 Å². The molecule has 0 spiro atoms. The Morgan fingerprint density at radius 1 is 0.543 bits per heavy atom. The fourth-order valence-corrected chi connectivity index (χ4v) is 5.19. The number of thiophene rings is 1. The summed E-state index contributed by atoms with van der Waals surface area (Å²) in [5, 5.41) is 0. The zero-order valence-corrected chi connectivity index (χ0v) is 20.5. The molecular weight excluding hydrogens is 468 g/mol. The highest BCUT2D eigenvalue weighted by atomic mass is 32.1. The summed E-state index contributed by atoms with van der Waals surface area (Å²) in [5.41, 5.74) is 3.18. The second kappa shape index (κ2) is 11.7. The summed E-state index contributed by atoms with van der Waals surface area (Å²) in [6.07, 6.45) is 6.77. The van der Waals surface area contributed by atoms with Crippen molar-refractivity contribution in [3.63, 3.8) is 0 Å². The first-order valence-corrected chi connectivity index (χ1v) is 12.8. The van der Waals surface area contributed by atoms with Crippen molar-refractivity contribution >= 4 is 11.3 Å². The van der Waals surface area contributed by atoms with Crippen molar-refractivity contribution in [3.8, 4) is 21.6 Å². The molecule has 0 saturated heterocycles. The second-order valence-electron chi connectivity index (χ2n) is 8.94. The number of benzene rings is 3. The van der Waals surface area contributed by atoms with Gasteiger partial charge < -0.3 is 0 Å². The molecule has 5 heteroatoms. The van der Waals surface area contributed by atoms with Crippen molar-refractivity contribution in [1.29, 1.82) is 0 Å². The second-order valence-corrected chi connectivity index (χ2v) is 10.2. The van der Waals surface area contributed by atoms with Gasteiger partial charge in [-0.15, -0.1) is 11.3 Å². The SMILES string of the molecule is Cc1ccc(-c2ccc(CCCCCCCc3ccc(-c4ccc(F)c(F)c4)c(F)c3)cc2F)s1. The third-order valence-corrected chi connectivity index (χ3v) is 7.27. The van der Waals surface area contributed by atoms with Crippen molar-refractivity contribution < 1.29 is 17.6 Å². The lowest BCUT2D eigenvalue weighted by Gasteiger charge is -2.08. The Morgan fingerprint density at radius 3 is 1.69 bits per heavy atom. The maximum atomic E-state index is 14.5. The topological polar surface area (TPSA) is 0 Å². The van der Waals surface area contributed by atoms with Gasteiger partial charge in [0.25, 0.3) is 0 Å². The smallest absolute Gasteiger partial charge is 0.159 e. The Bertz CT molecular complexity index is 1290. The number of hydrogen-bond acceptors (Lipinski definition) is 1. The van der Waals surface area contributed by atoms with E-state index in [1.807, 2.05) is 37.3 Å². The number of unbranched alkanes of at least 4 members (excludes halogenated alkanes) is 4. The van der Waals surface area contributed by atoms with Crippen LogP contribution in [-0.4, -0.2) is 0 Å². The zero-order valence-electron chi connectivity index (χ0n) is 19.7. The van der Waals surface area contributed by atoms with Crippen LogP contribution in [0.2, 0.25) is 0 Å². The fourth-order valence-electron chi connectivity index (χ4n) is 4.29. The van der Waals surface area contributed by atoms with Gasteiger partial charge in [-0.05, 0) is 85.7 Å². The third-order valence-electron chi connectivity index (χ3n) is 6.23. The summed E-state index contributed by atoms with van der Waals surface area (Å²) in [5.74, 6) is -2.52. The lowest BCUT2D eigenvalue weighted by Crippen LogP contribution is -1.93. The molecule has 1 heterocycles. The normalized spacial score (nSPS) is 11.2. The Balaban J connectivity index is 1.18. The van der Waals surface area contributed by atoms with Gasteiger partial charge in [-0.2, -0.15) is 0 Å². The lowest BCUT2D eigenvalue weighted by molar-refractivity contribution is 0.509. The number of aryl methyl sites for hydroxylation is 3. The monoisotopic (exact) mass is 496 g/mol. The molecule has 4 aromatic rings.